The predicted octanol–water partition coefficient (Wildman–Crippen LogP) is -13.4. The number of carboxylic acid groups (broad SMARTS) is 3. The minimum Gasteiger partial charge on any atom is -0.549 e. The first kappa shape index (κ1) is 36.8. The van der Waals surface area contributed by atoms with E-state index in [0.717, 1.165) is 4.90 Å². The molecule has 0 amide bonds. The van der Waals surface area contributed by atoms with Crippen LogP contribution in [0.1, 0.15) is 6.42 Å². The quantitative estimate of drug-likeness (QED) is 0.222. The minimum atomic E-state index is -2.26. The summed E-state index contributed by atoms with van der Waals surface area (Å²) in [6.07, 6.45) is 0.610. The Kier molecular flexibility index (Phi) is 26.8. The number of carbonyl (C=O) groups is 3. The van der Waals surface area contributed by atoms with E-state index >= 15 is 0 Å². The van der Waals surface area contributed by atoms with Crippen LogP contribution in [0.3, 0.4) is 0 Å². The average molecular weight is 446 g/mol. The van der Waals surface area contributed by atoms with Crippen LogP contribution in [0.4, 0.5) is 0 Å². The molecule has 0 saturated heterocycles. The molecule has 10 nitrogen and oxygen atoms in total. The van der Waals surface area contributed by atoms with E-state index in [-0.39, 0.29) is 108 Å². The van der Waals surface area contributed by atoms with E-state index < -0.39 is 39.6 Å². The zero-order chi connectivity index (χ0) is 19.5. The molecule has 0 aliphatic carbocycles. The first-order valence-electron chi connectivity index (χ1n) is 7.76. The monoisotopic (exact) mass is 446 g/mol. The number of carboxylic acids is 3. The fourth-order valence-electron chi connectivity index (χ4n) is 2.23. The molecule has 0 unspecified atom stereocenters. The predicted molar refractivity (Wildman–Crippen MR) is 83.0 cm³/mol. The molecule has 0 rings (SSSR count). The number of nitrogens with zero attached hydrogens (tertiary/aromatic N) is 2. The third kappa shape index (κ3) is 19.4. The topological polar surface area (TPSA) is 145 Å². The molecule has 0 radical (unpaired) electrons. The van der Waals surface area contributed by atoms with Crippen LogP contribution < -0.4 is 104 Å². The molecule has 0 aromatic rings. The van der Waals surface area contributed by atoms with Crippen molar-refractivity contribution in [2.45, 2.75) is 19.0 Å². The maximum absolute atomic E-state index is 10.9. The first-order chi connectivity index (χ1) is 11.6. The molecule has 28 heavy (non-hydrogen) atoms. The third-order valence-electron chi connectivity index (χ3n) is 3.76. The van der Waals surface area contributed by atoms with Gasteiger partial charge in [0.1, 0.15) is 0 Å². The van der Waals surface area contributed by atoms with Gasteiger partial charge in [0.25, 0.3) is 0 Å². The van der Waals surface area contributed by atoms with E-state index in [1.807, 2.05) is 6.55 Å². The molecule has 0 N–H and O–H groups in total. The van der Waals surface area contributed by atoms with Gasteiger partial charge in [0.15, 0.2) is 0 Å². The van der Waals surface area contributed by atoms with Crippen molar-refractivity contribution in [2.75, 3.05) is 53.5 Å². The molecule has 0 spiro atoms. The van der Waals surface area contributed by atoms with Crippen LogP contribution in [-0.4, -0.2) is 89.8 Å². The molecule has 0 heterocycles. The molecular weight excluding hydrogens is 421 g/mol. The molecule has 0 aliphatic heterocycles. The Bertz CT molecular complexity index is 442. The zero-order valence-electron chi connectivity index (χ0n) is 17.8. The van der Waals surface area contributed by atoms with Crippen molar-refractivity contribution in [3.8, 4) is 0 Å². The molecular formula is C14H25N2Na3O8Si. The van der Waals surface area contributed by atoms with Gasteiger partial charge in [-0.2, -0.15) is 0 Å². The maximum atomic E-state index is 10.9. The summed E-state index contributed by atoms with van der Waals surface area (Å²) in [5.41, 5.74) is 0. The van der Waals surface area contributed by atoms with Crippen molar-refractivity contribution < 1.29 is 127 Å². The Morgan fingerprint density at radius 2 is 1.11 bits per heavy atom. The van der Waals surface area contributed by atoms with Crippen LogP contribution >= 0.6 is 0 Å². The molecule has 0 aliphatic rings. The van der Waals surface area contributed by atoms with Crippen molar-refractivity contribution in [1.82, 2.24) is 9.80 Å². The maximum Gasteiger partial charge on any atom is 1.00 e. The molecule has 14 heteroatoms. The van der Waals surface area contributed by atoms with Crippen molar-refractivity contribution in [3.63, 3.8) is 0 Å². The van der Waals surface area contributed by atoms with Crippen LogP contribution in [0.25, 0.3) is 0 Å². The molecule has 0 aromatic heterocycles. The van der Waals surface area contributed by atoms with Gasteiger partial charge in [0.05, 0.1) is 17.9 Å². The Balaban J connectivity index is -0.000000960. The smallest absolute Gasteiger partial charge is 0.549 e. The summed E-state index contributed by atoms with van der Waals surface area (Å²) < 4.78 is 10.7. The second kappa shape index (κ2) is 20.4. The summed E-state index contributed by atoms with van der Waals surface area (Å²) >= 11 is 0. The van der Waals surface area contributed by atoms with Gasteiger partial charge < -0.3 is 38.6 Å². The van der Waals surface area contributed by atoms with Crippen molar-refractivity contribution >= 4 is 26.5 Å². The van der Waals surface area contributed by atoms with E-state index in [2.05, 4.69) is 0 Å². The summed E-state index contributed by atoms with van der Waals surface area (Å²) in [5, 5.41) is 32.2. The third-order valence-corrected chi connectivity index (χ3v) is 6.75. The summed E-state index contributed by atoms with van der Waals surface area (Å²) in [6.45, 7) is 0.982. The van der Waals surface area contributed by atoms with Crippen LogP contribution in [-0.2, 0) is 23.2 Å². The molecule has 146 valence electrons. The number of rotatable bonds is 15. The normalized spacial score (nSPS) is 10.6. The molecule has 0 saturated carbocycles. The van der Waals surface area contributed by atoms with Crippen LogP contribution in [0.15, 0.2) is 0 Å². The van der Waals surface area contributed by atoms with Gasteiger partial charge in [-0.1, -0.05) is 0 Å². The second-order valence-corrected chi connectivity index (χ2v) is 9.33. The van der Waals surface area contributed by atoms with Gasteiger partial charge in [-0.3, -0.25) is 9.80 Å². The number of hydrogen-bond acceptors (Lipinski definition) is 10. The van der Waals surface area contributed by atoms with Crippen LogP contribution in [0.5, 0.6) is 0 Å². The van der Waals surface area contributed by atoms with E-state index in [1.54, 1.807) is 19.1 Å². The van der Waals surface area contributed by atoms with Gasteiger partial charge in [-0.05, 0) is 25.6 Å². The number of hydrogen-bond donors (Lipinski definition) is 0. The van der Waals surface area contributed by atoms with Gasteiger partial charge in [-0.15, -0.1) is 0 Å². The van der Waals surface area contributed by atoms with Crippen LogP contribution in [0.2, 0.25) is 12.6 Å². The first-order valence-corrected chi connectivity index (χ1v) is 10.3. The van der Waals surface area contributed by atoms with E-state index in [9.17, 15) is 29.7 Å². The van der Waals surface area contributed by atoms with E-state index in [4.69, 9.17) is 8.85 Å². The number of aliphatic carboxylic acids is 3. The molecule has 0 aromatic carbocycles. The Morgan fingerprint density at radius 3 is 1.46 bits per heavy atom. The Morgan fingerprint density at radius 1 is 0.750 bits per heavy atom. The number of carbonyl (C=O) groups excluding carboxylic acids is 3. The van der Waals surface area contributed by atoms with Gasteiger partial charge in [0.2, 0.25) is 0 Å². The van der Waals surface area contributed by atoms with Gasteiger partial charge in [0, 0.05) is 46.9 Å². The zero-order valence-corrected chi connectivity index (χ0v) is 24.8. The summed E-state index contributed by atoms with van der Waals surface area (Å²) in [6, 6.07) is 0.644. The molecule has 0 bridgehead atoms. The van der Waals surface area contributed by atoms with Gasteiger partial charge >= 0.3 is 97.2 Å². The summed E-state index contributed by atoms with van der Waals surface area (Å²) in [7, 11) is 0.859. The van der Waals surface area contributed by atoms with Crippen LogP contribution in [0, 0.1) is 0 Å². The van der Waals surface area contributed by atoms with Crippen molar-refractivity contribution in [3.05, 3.63) is 0 Å². The standard InChI is InChI=1S/C14H28N2O8Si.3Na/c1-23-25(3,24-2)8-4-5-15(9-12(17)18)6-7-16(10-13(19)20)11-14(21)22;;;/h4-11H2,1-3H3,(H,17,18)(H,19,20)(H,21,22);;;/q;3*+1/p-3. The Hall–Kier alpha value is 1.47. The SMILES string of the molecule is CO[Si](C)(CCCN(CCN(CC(=O)[O-])CC(=O)[O-])CC(=O)[O-])OC.[Na+].[Na+].[Na+]. The average Bonchev–Trinajstić information content (AvgIpc) is 2.50. The summed E-state index contributed by atoms with van der Waals surface area (Å²) in [5.74, 6) is -4.12. The van der Waals surface area contributed by atoms with Crippen molar-refractivity contribution in [1.29, 1.82) is 0 Å². The Labute approximate surface area is 233 Å². The van der Waals surface area contributed by atoms with Crippen molar-refractivity contribution in [2.24, 2.45) is 0 Å². The van der Waals surface area contributed by atoms with Gasteiger partial charge in [-0.25, -0.2) is 0 Å². The van der Waals surface area contributed by atoms with E-state index in [0.29, 0.717) is 19.0 Å². The summed E-state index contributed by atoms with van der Waals surface area (Å²) in [4.78, 5) is 34.8. The second-order valence-electron chi connectivity index (χ2n) is 5.75. The minimum absolute atomic E-state index is 0. The molecule has 0 atom stereocenters. The van der Waals surface area contributed by atoms with E-state index in [1.165, 1.54) is 0 Å². The fourth-order valence-corrected chi connectivity index (χ4v) is 3.60. The fraction of sp³-hybridized carbons (Fsp3) is 0.786. The largest absolute Gasteiger partial charge is 1.00 e. The molecule has 0 fully saturated rings.